The monoisotopic (exact) mass is 328 g/mol. The third-order valence-corrected chi connectivity index (χ3v) is 4.64. The van der Waals surface area contributed by atoms with Crippen LogP contribution in [0.1, 0.15) is 72.1 Å². The molecule has 5 nitrogen and oxygen atoms in total. The second kappa shape index (κ2) is 10.6. The molecule has 0 bridgehead atoms. The van der Waals surface area contributed by atoms with Crippen LogP contribution in [-0.2, 0) is 23.8 Å². The van der Waals surface area contributed by atoms with E-state index in [4.69, 9.17) is 14.2 Å². The standard InChI is InChI=1S/C18H32O5/c1-4-7-8-9-12-22-16(19)18(5-2,6-3)17(20)23-14-15-11-10-13-21-15/h15H,4-14H2,1-3H3. The minimum Gasteiger partial charge on any atom is -0.465 e. The first-order chi connectivity index (χ1) is 11.1. The molecule has 0 aliphatic carbocycles. The van der Waals surface area contributed by atoms with E-state index in [9.17, 15) is 9.59 Å². The van der Waals surface area contributed by atoms with Crippen LogP contribution in [0.4, 0.5) is 0 Å². The van der Waals surface area contributed by atoms with Crippen LogP contribution >= 0.6 is 0 Å². The maximum atomic E-state index is 12.5. The van der Waals surface area contributed by atoms with E-state index in [0.717, 1.165) is 38.5 Å². The molecule has 0 aromatic rings. The van der Waals surface area contributed by atoms with Gasteiger partial charge in [-0.15, -0.1) is 0 Å². The van der Waals surface area contributed by atoms with E-state index in [-0.39, 0.29) is 12.7 Å². The summed E-state index contributed by atoms with van der Waals surface area (Å²) >= 11 is 0. The third kappa shape index (κ3) is 5.79. The minimum atomic E-state index is -1.18. The molecule has 1 atom stereocenters. The summed E-state index contributed by atoms with van der Waals surface area (Å²) in [6, 6.07) is 0. The Hall–Kier alpha value is -1.10. The molecule has 1 aliphatic rings. The van der Waals surface area contributed by atoms with Gasteiger partial charge in [-0.05, 0) is 32.1 Å². The van der Waals surface area contributed by atoms with Gasteiger partial charge in [-0.25, -0.2) is 0 Å². The molecule has 1 unspecified atom stereocenters. The number of carbonyl (C=O) groups excluding carboxylic acids is 2. The summed E-state index contributed by atoms with van der Waals surface area (Å²) in [6.07, 6.45) is 6.80. The molecule has 134 valence electrons. The molecular formula is C18H32O5. The highest BCUT2D eigenvalue weighted by Gasteiger charge is 2.46. The van der Waals surface area contributed by atoms with Crippen molar-refractivity contribution < 1.29 is 23.8 Å². The number of esters is 2. The van der Waals surface area contributed by atoms with E-state index in [0.29, 0.717) is 26.1 Å². The summed E-state index contributed by atoms with van der Waals surface area (Å²) in [4.78, 5) is 24.9. The fourth-order valence-electron chi connectivity index (χ4n) is 2.83. The summed E-state index contributed by atoms with van der Waals surface area (Å²) in [5.41, 5.74) is -1.18. The van der Waals surface area contributed by atoms with Crippen molar-refractivity contribution in [1.82, 2.24) is 0 Å². The van der Waals surface area contributed by atoms with Crippen LogP contribution in [0.15, 0.2) is 0 Å². The molecule has 1 fully saturated rings. The number of hydrogen-bond acceptors (Lipinski definition) is 5. The molecule has 23 heavy (non-hydrogen) atoms. The average Bonchev–Trinajstić information content (AvgIpc) is 3.08. The summed E-state index contributed by atoms with van der Waals surface area (Å²) in [6.45, 7) is 7.11. The Morgan fingerprint density at radius 3 is 2.30 bits per heavy atom. The largest absolute Gasteiger partial charge is 0.465 e. The molecular weight excluding hydrogens is 296 g/mol. The first kappa shape index (κ1) is 19.9. The predicted octanol–water partition coefficient (Wildman–Crippen LogP) is 3.64. The van der Waals surface area contributed by atoms with Crippen molar-refractivity contribution in [3.05, 3.63) is 0 Å². The van der Waals surface area contributed by atoms with Crippen molar-refractivity contribution in [2.24, 2.45) is 5.41 Å². The lowest BCUT2D eigenvalue weighted by Gasteiger charge is -2.27. The Balaban J connectivity index is 2.50. The maximum Gasteiger partial charge on any atom is 0.323 e. The lowest BCUT2D eigenvalue weighted by molar-refractivity contribution is -0.175. The Kier molecular flexibility index (Phi) is 9.22. The summed E-state index contributed by atoms with van der Waals surface area (Å²) < 4.78 is 16.2. The Morgan fingerprint density at radius 1 is 1.04 bits per heavy atom. The number of ether oxygens (including phenoxy) is 3. The molecule has 0 saturated carbocycles. The van der Waals surface area contributed by atoms with E-state index in [1.165, 1.54) is 0 Å². The molecule has 0 N–H and O–H groups in total. The lowest BCUT2D eigenvalue weighted by Crippen LogP contribution is -2.42. The molecule has 1 rings (SSSR count). The molecule has 0 aromatic heterocycles. The van der Waals surface area contributed by atoms with E-state index < -0.39 is 17.4 Å². The van der Waals surface area contributed by atoms with Gasteiger partial charge in [0.15, 0.2) is 5.41 Å². The Labute approximate surface area is 140 Å². The quantitative estimate of drug-likeness (QED) is 0.329. The first-order valence-corrected chi connectivity index (χ1v) is 9.06. The van der Waals surface area contributed by atoms with Crippen molar-refractivity contribution >= 4 is 11.9 Å². The average molecular weight is 328 g/mol. The van der Waals surface area contributed by atoms with Gasteiger partial charge in [0.05, 0.1) is 12.7 Å². The number of hydrogen-bond donors (Lipinski definition) is 0. The van der Waals surface area contributed by atoms with Crippen molar-refractivity contribution in [1.29, 1.82) is 0 Å². The van der Waals surface area contributed by atoms with Crippen molar-refractivity contribution in [3.63, 3.8) is 0 Å². The van der Waals surface area contributed by atoms with Crippen LogP contribution in [0.25, 0.3) is 0 Å². The first-order valence-electron chi connectivity index (χ1n) is 9.06. The van der Waals surface area contributed by atoms with Crippen molar-refractivity contribution in [2.45, 2.75) is 78.2 Å². The zero-order valence-corrected chi connectivity index (χ0v) is 14.9. The fourth-order valence-corrected chi connectivity index (χ4v) is 2.83. The Bertz CT molecular complexity index is 356. The van der Waals surface area contributed by atoms with Crippen LogP contribution in [0.5, 0.6) is 0 Å². The summed E-state index contributed by atoms with van der Waals surface area (Å²) in [5, 5.41) is 0. The van der Waals surface area contributed by atoms with Gasteiger partial charge in [-0.2, -0.15) is 0 Å². The molecule has 1 heterocycles. The lowest BCUT2D eigenvalue weighted by atomic mass is 9.82. The molecule has 5 heteroatoms. The number of rotatable bonds is 11. The maximum absolute atomic E-state index is 12.5. The second-order valence-corrected chi connectivity index (χ2v) is 6.22. The Morgan fingerprint density at radius 2 is 1.74 bits per heavy atom. The van der Waals surface area contributed by atoms with E-state index >= 15 is 0 Å². The minimum absolute atomic E-state index is 0.0320. The van der Waals surface area contributed by atoms with Gasteiger partial charge in [-0.3, -0.25) is 9.59 Å². The van der Waals surface area contributed by atoms with E-state index in [2.05, 4.69) is 6.92 Å². The second-order valence-electron chi connectivity index (χ2n) is 6.22. The molecule has 0 amide bonds. The van der Waals surface area contributed by atoms with Crippen LogP contribution in [0.2, 0.25) is 0 Å². The zero-order chi connectivity index (χ0) is 17.1. The van der Waals surface area contributed by atoms with Crippen LogP contribution < -0.4 is 0 Å². The summed E-state index contributed by atoms with van der Waals surface area (Å²) in [5.74, 6) is -0.923. The summed E-state index contributed by atoms with van der Waals surface area (Å²) in [7, 11) is 0. The topological polar surface area (TPSA) is 61.8 Å². The fraction of sp³-hybridized carbons (Fsp3) is 0.889. The number of unbranched alkanes of at least 4 members (excludes halogenated alkanes) is 3. The van der Waals surface area contributed by atoms with Gasteiger partial charge in [0.1, 0.15) is 6.61 Å². The van der Waals surface area contributed by atoms with Crippen molar-refractivity contribution in [3.8, 4) is 0 Å². The molecule has 0 spiro atoms. The van der Waals surface area contributed by atoms with Crippen LogP contribution in [0, 0.1) is 5.41 Å². The number of carbonyl (C=O) groups is 2. The smallest absolute Gasteiger partial charge is 0.323 e. The molecule has 0 radical (unpaired) electrons. The third-order valence-electron chi connectivity index (χ3n) is 4.64. The zero-order valence-electron chi connectivity index (χ0n) is 14.9. The van der Waals surface area contributed by atoms with Gasteiger partial charge >= 0.3 is 11.9 Å². The molecule has 0 aromatic carbocycles. The molecule has 1 saturated heterocycles. The normalized spacial score (nSPS) is 18.0. The SMILES string of the molecule is CCCCCCOC(=O)C(CC)(CC)C(=O)OCC1CCCO1. The highest BCUT2D eigenvalue weighted by molar-refractivity contribution is 6.00. The van der Waals surface area contributed by atoms with Gasteiger partial charge in [0, 0.05) is 6.61 Å². The van der Waals surface area contributed by atoms with Crippen LogP contribution in [-0.4, -0.2) is 37.9 Å². The highest BCUT2D eigenvalue weighted by Crippen LogP contribution is 2.30. The van der Waals surface area contributed by atoms with E-state index in [1.807, 2.05) is 13.8 Å². The van der Waals surface area contributed by atoms with Crippen LogP contribution in [0.3, 0.4) is 0 Å². The highest BCUT2D eigenvalue weighted by atomic mass is 16.6. The van der Waals surface area contributed by atoms with Gasteiger partial charge in [0.2, 0.25) is 0 Å². The van der Waals surface area contributed by atoms with Crippen molar-refractivity contribution in [2.75, 3.05) is 19.8 Å². The predicted molar refractivity (Wildman–Crippen MR) is 88.0 cm³/mol. The van der Waals surface area contributed by atoms with E-state index in [1.54, 1.807) is 0 Å². The van der Waals surface area contributed by atoms with Gasteiger partial charge < -0.3 is 14.2 Å². The molecule has 1 aliphatic heterocycles. The van der Waals surface area contributed by atoms with Gasteiger partial charge in [0.25, 0.3) is 0 Å². The van der Waals surface area contributed by atoms with Gasteiger partial charge in [-0.1, -0.05) is 40.0 Å².